The number of nitrogens with zero attached hydrogens (tertiary/aromatic N) is 2. The number of aryl methyl sites for hydroxylation is 1. The number of carbonyl (C=O) groups excluding carboxylic acids is 1. The summed E-state index contributed by atoms with van der Waals surface area (Å²) in [7, 11) is 0. The Bertz CT molecular complexity index is 940. The van der Waals surface area contributed by atoms with Gasteiger partial charge < -0.3 is 5.73 Å². The summed E-state index contributed by atoms with van der Waals surface area (Å²) in [5.41, 5.74) is 10.4. The zero-order chi connectivity index (χ0) is 17.6. The van der Waals surface area contributed by atoms with Gasteiger partial charge in [0.15, 0.2) is 0 Å². The third-order valence-electron chi connectivity index (χ3n) is 3.97. The maximum absolute atomic E-state index is 11.8. The molecule has 3 aromatic rings. The van der Waals surface area contributed by atoms with E-state index in [9.17, 15) is 4.79 Å². The van der Waals surface area contributed by atoms with Gasteiger partial charge in [-0.2, -0.15) is 5.10 Å². The number of hydrogen-bond donors (Lipinski definition) is 1. The predicted octanol–water partition coefficient (Wildman–Crippen LogP) is 4.84. The minimum atomic E-state index is -0.457. The monoisotopic (exact) mass is 361 g/mol. The van der Waals surface area contributed by atoms with Crippen LogP contribution in [0.5, 0.6) is 0 Å². The summed E-state index contributed by atoms with van der Waals surface area (Å²) in [5, 5.41) is 5.76. The lowest BCUT2D eigenvalue weighted by Gasteiger charge is -2.13. The van der Waals surface area contributed by atoms with Crippen molar-refractivity contribution in [3.8, 4) is 11.1 Å². The van der Waals surface area contributed by atoms with Crippen LogP contribution in [0.15, 0.2) is 30.3 Å². The van der Waals surface area contributed by atoms with E-state index in [1.807, 2.05) is 39.0 Å². The number of carbonyl (C=O) groups is 1. The van der Waals surface area contributed by atoms with Gasteiger partial charge >= 0.3 is 0 Å². The van der Waals surface area contributed by atoms with Crippen molar-refractivity contribution in [3.05, 3.63) is 57.3 Å². The van der Waals surface area contributed by atoms with Gasteiger partial charge in [0.1, 0.15) is 0 Å². The molecule has 0 spiro atoms. The van der Waals surface area contributed by atoms with Crippen molar-refractivity contribution in [1.29, 1.82) is 0 Å². The Kier molecular flexibility index (Phi) is 4.28. The highest BCUT2D eigenvalue weighted by Crippen LogP contribution is 2.34. The van der Waals surface area contributed by atoms with Crippen LogP contribution < -0.4 is 5.73 Å². The first-order chi connectivity index (χ1) is 11.3. The first kappa shape index (κ1) is 16.8. The summed E-state index contributed by atoms with van der Waals surface area (Å²) in [4.78, 5) is 11.8. The van der Waals surface area contributed by atoms with Crippen LogP contribution in [0.2, 0.25) is 10.0 Å². The number of fused-ring (bicyclic) bond motifs is 1. The third kappa shape index (κ3) is 2.76. The molecule has 1 aromatic carbocycles. The summed E-state index contributed by atoms with van der Waals surface area (Å²) >= 11 is 12.3. The molecule has 0 aliphatic rings. The van der Waals surface area contributed by atoms with Gasteiger partial charge in [0, 0.05) is 15.6 Å². The summed E-state index contributed by atoms with van der Waals surface area (Å²) in [6.07, 6.45) is 0. The minimum absolute atomic E-state index is 0.0892. The van der Waals surface area contributed by atoms with Crippen LogP contribution in [-0.4, -0.2) is 15.5 Å². The number of nitrogens with two attached hydrogens (primary N) is 1. The number of pyridine rings is 1. The van der Waals surface area contributed by atoms with Crippen molar-refractivity contribution in [2.75, 3.05) is 0 Å². The second kappa shape index (κ2) is 6.11. The highest BCUT2D eigenvalue weighted by molar-refractivity contribution is 6.35. The second-order valence-corrected chi connectivity index (χ2v) is 6.94. The molecule has 0 aliphatic carbocycles. The summed E-state index contributed by atoms with van der Waals surface area (Å²) in [6, 6.07) is 9.02. The van der Waals surface area contributed by atoms with Crippen LogP contribution in [0.3, 0.4) is 0 Å². The van der Waals surface area contributed by atoms with E-state index in [2.05, 4.69) is 5.10 Å². The highest BCUT2D eigenvalue weighted by atomic mass is 35.5. The van der Waals surface area contributed by atoms with Crippen molar-refractivity contribution in [2.45, 2.75) is 26.7 Å². The zero-order valence-electron chi connectivity index (χ0n) is 13.6. The van der Waals surface area contributed by atoms with E-state index in [0.29, 0.717) is 15.6 Å². The zero-order valence-corrected chi connectivity index (χ0v) is 15.1. The van der Waals surface area contributed by atoms with Crippen molar-refractivity contribution >= 4 is 34.6 Å². The molecule has 0 fully saturated rings. The van der Waals surface area contributed by atoms with E-state index in [1.54, 1.807) is 16.6 Å². The molecule has 4 nitrogen and oxygen atoms in total. The Labute approximate surface area is 150 Å². The molecule has 124 valence electrons. The largest absolute Gasteiger partial charge is 0.366 e. The molecule has 0 unspecified atom stereocenters. The van der Waals surface area contributed by atoms with E-state index in [1.165, 1.54) is 0 Å². The van der Waals surface area contributed by atoms with E-state index < -0.39 is 5.91 Å². The molecule has 0 bridgehead atoms. The van der Waals surface area contributed by atoms with Crippen molar-refractivity contribution < 1.29 is 4.79 Å². The van der Waals surface area contributed by atoms with Gasteiger partial charge in [-0.25, -0.2) is 4.52 Å². The molecule has 0 aliphatic heterocycles. The van der Waals surface area contributed by atoms with Crippen LogP contribution in [0, 0.1) is 6.92 Å². The number of amides is 1. The second-order valence-electron chi connectivity index (χ2n) is 6.07. The maximum Gasteiger partial charge on any atom is 0.250 e. The lowest BCUT2D eigenvalue weighted by Crippen LogP contribution is -2.17. The Morgan fingerprint density at radius 2 is 1.79 bits per heavy atom. The fourth-order valence-electron chi connectivity index (χ4n) is 3.06. The number of benzene rings is 1. The fraction of sp³-hybridized carbons (Fsp3) is 0.222. The van der Waals surface area contributed by atoms with Crippen LogP contribution in [0.4, 0.5) is 0 Å². The number of hydrogen-bond acceptors (Lipinski definition) is 2. The lowest BCUT2D eigenvalue weighted by molar-refractivity contribution is 0.0998. The topological polar surface area (TPSA) is 60.4 Å². The van der Waals surface area contributed by atoms with Gasteiger partial charge in [0.05, 0.1) is 22.5 Å². The summed E-state index contributed by atoms with van der Waals surface area (Å²) < 4.78 is 1.80. The Morgan fingerprint density at radius 1 is 1.17 bits per heavy atom. The molecule has 2 heterocycles. The predicted molar refractivity (Wildman–Crippen MR) is 98.0 cm³/mol. The average molecular weight is 362 g/mol. The number of rotatable bonds is 3. The van der Waals surface area contributed by atoms with E-state index in [0.717, 1.165) is 28.0 Å². The van der Waals surface area contributed by atoms with Crippen LogP contribution >= 0.6 is 23.2 Å². The van der Waals surface area contributed by atoms with Gasteiger partial charge in [-0.3, -0.25) is 4.79 Å². The molecule has 24 heavy (non-hydrogen) atoms. The van der Waals surface area contributed by atoms with Gasteiger partial charge in [0.25, 0.3) is 5.91 Å². The van der Waals surface area contributed by atoms with Crippen molar-refractivity contribution in [3.63, 3.8) is 0 Å². The molecular formula is C18H17Cl2N3O. The van der Waals surface area contributed by atoms with Gasteiger partial charge in [-0.15, -0.1) is 0 Å². The molecule has 2 aromatic heterocycles. The first-order valence-electron chi connectivity index (χ1n) is 7.58. The Balaban J connectivity index is 2.38. The smallest absolute Gasteiger partial charge is 0.250 e. The van der Waals surface area contributed by atoms with E-state index in [4.69, 9.17) is 28.9 Å². The molecule has 0 radical (unpaired) electrons. The number of primary amides is 1. The normalized spacial score (nSPS) is 11.4. The molecule has 0 saturated heterocycles. The van der Waals surface area contributed by atoms with Crippen molar-refractivity contribution in [2.24, 2.45) is 5.73 Å². The Morgan fingerprint density at radius 3 is 2.33 bits per heavy atom. The molecule has 2 N–H and O–H groups in total. The molecule has 1 amide bonds. The first-order valence-corrected chi connectivity index (χ1v) is 8.33. The average Bonchev–Trinajstić information content (AvgIpc) is 2.80. The quantitative estimate of drug-likeness (QED) is 0.725. The fourth-order valence-corrected chi connectivity index (χ4v) is 3.59. The maximum atomic E-state index is 11.8. The molecule has 0 saturated carbocycles. The molecule has 3 rings (SSSR count). The highest BCUT2D eigenvalue weighted by Gasteiger charge is 2.20. The van der Waals surface area contributed by atoms with Crippen molar-refractivity contribution in [1.82, 2.24) is 9.61 Å². The van der Waals surface area contributed by atoms with E-state index in [-0.39, 0.29) is 5.92 Å². The van der Waals surface area contributed by atoms with Crippen LogP contribution in [0.1, 0.15) is 41.5 Å². The van der Waals surface area contributed by atoms with Gasteiger partial charge in [-0.1, -0.05) is 37.0 Å². The standard InChI is InChI=1S/C18H17Cl2N3O/c1-9(2)17-14(18(21)24)4-5-15-16(10(3)22-23(15)17)11-6-12(19)8-13(20)7-11/h4-9H,1-3H3,(H2,21,24). The SMILES string of the molecule is Cc1nn2c(C(C)C)c(C(N)=O)ccc2c1-c1cc(Cl)cc(Cl)c1. The minimum Gasteiger partial charge on any atom is -0.366 e. The Hall–Kier alpha value is -2.04. The van der Waals surface area contributed by atoms with Crippen LogP contribution in [0.25, 0.3) is 16.6 Å². The summed E-state index contributed by atoms with van der Waals surface area (Å²) in [6.45, 7) is 5.94. The van der Waals surface area contributed by atoms with E-state index >= 15 is 0 Å². The van der Waals surface area contributed by atoms with Crippen LogP contribution in [-0.2, 0) is 0 Å². The van der Waals surface area contributed by atoms with Gasteiger partial charge in [-0.05, 0) is 48.7 Å². The molecule has 6 heteroatoms. The molecular weight excluding hydrogens is 345 g/mol. The third-order valence-corrected chi connectivity index (χ3v) is 4.41. The number of aromatic nitrogens is 2. The molecule has 0 atom stereocenters. The summed E-state index contributed by atoms with van der Waals surface area (Å²) in [5.74, 6) is -0.368. The lowest BCUT2D eigenvalue weighted by atomic mass is 10.0. The van der Waals surface area contributed by atoms with Gasteiger partial charge in [0.2, 0.25) is 0 Å². The number of halogens is 2.